The van der Waals surface area contributed by atoms with E-state index in [9.17, 15) is 20.1 Å². The van der Waals surface area contributed by atoms with Crippen LogP contribution in [0.1, 0.15) is 26.2 Å². The highest BCUT2D eigenvalue weighted by atomic mass is 16.6. The van der Waals surface area contributed by atoms with Crippen LogP contribution in [0.2, 0.25) is 0 Å². The van der Waals surface area contributed by atoms with Gasteiger partial charge in [0.15, 0.2) is 0 Å². The predicted molar refractivity (Wildman–Crippen MR) is 70.1 cm³/mol. The lowest BCUT2D eigenvalue weighted by Crippen LogP contribution is -2.63. The number of hydrogen-bond acceptors (Lipinski definition) is 6. The lowest BCUT2D eigenvalue weighted by Gasteiger charge is -2.47. The molecule has 2 aliphatic heterocycles. The molecule has 0 amide bonds. The van der Waals surface area contributed by atoms with Gasteiger partial charge in [0.2, 0.25) is 0 Å². The quantitative estimate of drug-likeness (QED) is 0.478. The average molecular weight is 286 g/mol. The van der Waals surface area contributed by atoms with Crippen molar-refractivity contribution in [2.45, 2.75) is 68.9 Å². The molecule has 0 aromatic carbocycles. The second-order valence-electron chi connectivity index (χ2n) is 5.34. The largest absolute Gasteiger partial charge is 0.387 e. The summed E-state index contributed by atoms with van der Waals surface area (Å²) in [4.78, 5) is 10.5. The molecule has 0 saturated carbocycles. The lowest BCUT2D eigenvalue weighted by atomic mass is 9.87. The van der Waals surface area contributed by atoms with Gasteiger partial charge in [-0.1, -0.05) is 12.2 Å². The van der Waals surface area contributed by atoms with Gasteiger partial charge in [-0.3, -0.25) is 0 Å². The zero-order chi connectivity index (χ0) is 14.7. The molecule has 0 radical (unpaired) electrons. The number of ether oxygens (including phenoxy) is 2. The Hall–Kier alpha value is -0.790. The topological polar surface area (TPSA) is 96.2 Å². The second kappa shape index (κ2) is 6.78. The Kier molecular flexibility index (Phi) is 5.29. The van der Waals surface area contributed by atoms with Crippen LogP contribution in [0.5, 0.6) is 0 Å². The molecular formula is C14H22O6. The van der Waals surface area contributed by atoms with Gasteiger partial charge in [-0.25, -0.2) is 0 Å². The van der Waals surface area contributed by atoms with Gasteiger partial charge in [0.1, 0.15) is 36.8 Å². The van der Waals surface area contributed by atoms with Crippen LogP contribution in [-0.2, 0) is 14.3 Å². The molecular weight excluding hydrogens is 264 g/mol. The zero-order valence-electron chi connectivity index (χ0n) is 11.5. The number of aldehydes is 1. The monoisotopic (exact) mass is 286 g/mol. The minimum Gasteiger partial charge on any atom is -0.387 e. The Bertz CT molecular complexity index is 356. The number of hydrogen-bond donors (Lipinski definition) is 3. The molecule has 20 heavy (non-hydrogen) atoms. The van der Waals surface area contributed by atoms with E-state index in [0.29, 0.717) is 12.8 Å². The summed E-state index contributed by atoms with van der Waals surface area (Å²) >= 11 is 0. The van der Waals surface area contributed by atoms with Crippen LogP contribution in [0.25, 0.3) is 0 Å². The zero-order valence-corrected chi connectivity index (χ0v) is 11.5. The fourth-order valence-corrected chi connectivity index (χ4v) is 2.88. The van der Waals surface area contributed by atoms with Crippen LogP contribution in [0.4, 0.5) is 0 Å². The van der Waals surface area contributed by atoms with Gasteiger partial charge in [0.25, 0.3) is 0 Å². The number of fused-ring (bicyclic) bond motifs is 1. The molecule has 7 atom stereocenters. The van der Waals surface area contributed by atoms with E-state index in [1.165, 1.54) is 6.08 Å². The number of carbonyl (C=O) groups is 1. The normalized spacial score (nSPS) is 43.2. The van der Waals surface area contributed by atoms with Gasteiger partial charge in [-0.05, 0) is 19.8 Å². The van der Waals surface area contributed by atoms with Crippen molar-refractivity contribution in [3.8, 4) is 0 Å². The van der Waals surface area contributed by atoms with Crippen LogP contribution in [0.15, 0.2) is 12.2 Å². The molecule has 0 aromatic heterocycles. The fraction of sp³-hybridized carbons (Fsp3) is 0.786. The van der Waals surface area contributed by atoms with Crippen molar-refractivity contribution in [2.75, 3.05) is 0 Å². The van der Waals surface area contributed by atoms with Crippen molar-refractivity contribution in [3.05, 3.63) is 12.2 Å². The fourth-order valence-electron chi connectivity index (χ4n) is 2.88. The highest BCUT2D eigenvalue weighted by Gasteiger charge is 2.49. The number of allylic oxidation sites excluding steroid dienone is 1. The van der Waals surface area contributed by atoms with Crippen LogP contribution in [0.3, 0.4) is 0 Å². The van der Waals surface area contributed by atoms with Crippen molar-refractivity contribution in [1.82, 2.24) is 0 Å². The Morgan fingerprint density at radius 3 is 2.65 bits per heavy atom. The van der Waals surface area contributed by atoms with Gasteiger partial charge in [-0.15, -0.1) is 0 Å². The van der Waals surface area contributed by atoms with E-state index in [4.69, 9.17) is 9.47 Å². The van der Waals surface area contributed by atoms with Crippen molar-refractivity contribution in [1.29, 1.82) is 0 Å². The number of aliphatic hydroxyl groups excluding tert-OH is 3. The van der Waals surface area contributed by atoms with Crippen LogP contribution in [-0.4, -0.2) is 64.3 Å². The van der Waals surface area contributed by atoms with Gasteiger partial charge < -0.3 is 29.6 Å². The van der Waals surface area contributed by atoms with Gasteiger partial charge in [0, 0.05) is 6.42 Å². The molecule has 2 saturated heterocycles. The highest BCUT2D eigenvalue weighted by Crippen LogP contribution is 2.33. The van der Waals surface area contributed by atoms with E-state index in [1.54, 1.807) is 13.0 Å². The van der Waals surface area contributed by atoms with Crippen LogP contribution < -0.4 is 0 Å². The van der Waals surface area contributed by atoms with Crippen molar-refractivity contribution >= 4 is 6.29 Å². The molecule has 2 fully saturated rings. The standard InChI is InChI=1S/C14H22O6/c1-2-3-9(16)13-11(17)12(18)14-10(20-13)5-4-8(19-14)6-7-15/h2-3,7-14,16-18H,4-6H2,1H3/t8-,9+,10+,11+,12-,13+,14+/m1/s1. The lowest BCUT2D eigenvalue weighted by molar-refractivity contribution is -0.273. The first kappa shape index (κ1) is 15.6. The minimum atomic E-state index is -1.22. The summed E-state index contributed by atoms with van der Waals surface area (Å²) < 4.78 is 11.3. The maximum atomic E-state index is 10.5. The summed E-state index contributed by atoms with van der Waals surface area (Å²) in [6.45, 7) is 1.76. The summed E-state index contributed by atoms with van der Waals surface area (Å²) in [6.07, 6.45) is 0.0671. The number of rotatable bonds is 4. The molecule has 0 bridgehead atoms. The molecule has 2 rings (SSSR count). The first-order chi connectivity index (χ1) is 9.58. The summed E-state index contributed by atoms with van der Waals surface area (Å²) in [7, 11) is 0. The molecule has 0 spiro atoms. The second-order valence-corrected chi connectivity index (χ2v) is 5.34. The van der Waals surface area contributed by atoms with Crippen molar-refractivity contribution in [2.24, 2.45) is 0 Å². The summed E-state index contributed by atoms with van der Waals surface area (Å²) in [5, 5.41) is 30.2. The van der Waals surface area contributed by atoms with Gasteiger partial charge in [0.05, 0.1) is 12.2 Å². The third-order valence-corrected chi connectivity index (χ3v) is 3.93. The molecule has 0 aliphatic carbocycles. The van der Waals surface area contributed by atoms with E-state index in [-0.39, 0.29) is 18.6 Å². The Morgan fingerprint density at radius 2 is 2.00 bits per heavy atom. The highest BCUT2D eigenvalue weighted by molar-refractivity contribution is 5.50. The SMILES string of the molecule is CC=C[C@H](O)[C@@H]1O[C@H]2CC[C@H](CC=O)O[C@@H]2[C@H](O)[C@@H]1O. The summed E-state index contributed by atoms with van der Waals surface area (Å²) in [5.41, 5.74) is 0. The van der Waals surface area contributed by atoms with E-state index in [2.05, 4.69) is 0 Å². The Labute approximate surface area is 118 Å². The van der Waals surface area contributed by atoms with E-state index >= 15 is 0 Å². The van der Waals surface area contributed by atoms with Crippen LogP contribution >= 0.6 is 0 Å². The average Bonchev–Trinajstić information content (AvgIpc) is 2.44. The number of carbonyl (C=O) groups excluding carboxylic acids is 1. The third kappa shape index (κ3) is 3.10. The van der Waals surface area contributed by atoms with Crippen LogP contribution in [0, 0.1) is 0 Å². The van der Waals surface area contributed by atoms with E-state index in [0.717, 1.165) is 6.29 Å². The van der Waals surface area contributed by atoms with Crippen molar-refractivity contribution in [3.63, 3.8) is 0 Å². The van der Waals surface area contributed by atoms with Gasteiger partial charge in [-0.2, -0.15) is 0 Å². The molecule has 0 aromatic rings. The molecule has 3 N–H and O–H groups in total. The molecule has 6 heteroatoms. The van der Waals surface area contributed by atoms with Gasteiger partial charge >= 0.3 is 0 Å². The minimum absolute atomic E-state index is 0.240. The van der Waals surface area contributed by atoms with Crippen molar-refractivity contribution < 1.29 is 29.6 Å². The molecule has 0 unspecified atom stereocenters. The number of aliphatic hydroxyl groups is 3. The third-order valence-electron chi connectivity index (χ3n) is 3.93. The van der Waals surface area contributed by atoms with E-state index < -0.39 is 30.5 Å². The predicted octanol–water partition coefficient (Wildman–Crippen LogP) is -0.451. The summed E-state index contributed by atoms with van der Waals surface area (Å²) in [6, 6.07) is 0. The van der Waals surface area contributed by atoms with E-state index in [1.807, 2.05) is 0 Å². The molecule has 6 nitrogen and oxygen atoms in total. The first-order valence-electron chi connectivity index (χ1n) is 7.00. The smallest absolute Gasteiger partial charge is 0.122 e. The molecule has 2 heterocycles. The first-order valence-corrected chi connectivity index (χ1v) is 7.00. The Balaban J connectivity index is 2.06. The molecule has 2 aliphatic rings. The Morgan fingerprint density at radius 1 is 1.25 bits per heavy atom. The summed E-state index contributed by atoms with van der Waals surface area (Å²) in [5.74, 6) is 0. The maximum absolute atomic E-state index is 10.5. The maximum Gasteiger partial charge on any atom is 0.122 e. The molecule has 114 valence electrons.